The van der Waals surface area contributed by atoms with E-state index < -0.39 is 18.9 Å². The van der Waals surface area contributed by atoms with Gasteiger partial charge < -0.3 is 20.1 Å². The molecule has 2 aromatic rings. The van der Waals surface area contributed by atoms with Gasteiger partial charge >= 0.3 is 12.3 Å². The van der Waals surface area contributed by atoms with Gasteiger partial charge in [0.05, 0.1) is 13.7 Å². The van der Waals surface area contributed by atoms with Crippen molar-refractivity contribution in [2.45, 2.75) is 25.9 Å². The average molecular weight is 566 g/mol. The first-order chi connectivity index (χ1) is 14.8. The van der Waals surface area contributed by atoms with E-state index in [1.807, 2.05) is 24.3 Å². The number of amides is 1. The number of nitrogens with zero attached hydrogens (tertiary/aromatic N) is 1. The van der Waals surface area contributed by atoms with Gasteiger partial charge in [0, 0.05) is 25.8 Å². The Balaban J connectivity index is 0.00000512. The topological polar surface area (TPSA) is 84.0 Å². The molecule has 0 aliphatic rings. The third-order valence-electron chi connectivity index (χ3n) is 4.09. The van der Waals surface area contributed by atoms with Gasteiger partial charge in [0.15, 0.2) is 5.96 Å². The number of methoxy groups -OCH3 is 1. The molecule has 0 saturated heterocycles. The van der Waals surface area contributed by atoms with Gasteiger partial charge in [0.1, 0.15) is 6.61 Å². The molecule has 32 heavy (non-hydrogen) atoms. The van der Waals surface area contributed by atoms with E-state index in [0.29, 0.717) is 30.3 Å². The minimum atomic E-state index is -4.32. The number of nitrogens with one attached hydrogen (secondary N) is 3. The van der Waals surface area contributed by atoms with Crippen molar-refractivity contribution in [2.24, 2.45) is 4.99 Å². The maximum atomic E-state index is 12.1. The Morgan fingerprint density at radius 3 is 1.91 bits per heavy atom. The van der Waals surface area contributed by atoms with Gasteiger partial charge in [0.25, 0.3) is 0 Å². The number of alkyl halides is 3. The highest BCUT2D eigenvalue weighted by Crippen LogP contribution is 2.16. The molecule has 0 bridgehead atoms. The number of carbonyl (C=O) groups excluding carboxylic acids is 1. The summed E-state index contributed by atoms with van der Waals surface area (Å²) in [5.74, 6) is 0.592. The van der Waals surface area contributed by atoms with Crippen LogP contribution in [-0.4, -0.2) is 39.0 Å². The summed E-state index contributed by atoms with van der Waals surface area (Å²) in [4.78, 5) is 15.4. The molecule has 0 fully saturated rings. The fraction of sp³-hybridized carbons (Fsp3) is 0.333. The minimum Gasteiger partial charge on any atom is -0.453 e. The second kappa shape index (κ2) is 13.8. The molecule has 0 unspecified atom stereocenters. The summed E-state index contributed by atoms with van der Waals surface area (Å²) in [7, 11) is 2.95. The third kappa shape index (κ3) is 10.7. The van der Waals surface area contributed by atoms with E-state index in [0.717, 1.165) is 11.1 Å². The van der Waals surface area contributed by atoms with Gasteiger partial charge in [0.2, 0.25) is 0 Å². The summed E-state index contributed by atoms with van der Waals surface area (Å²) in [6.07, 6.45) is -4.85. The van der Waals surface area contributed by atoms with E-state index in [9.17, 15) is 18.0 Å². The number of carbonyl (C=O) groups is 1. The predicted octanol–water partition coefficient (Wildman–Crippen LogP) is 4.43. The smallest absolute Gasteiger partial charge is 0.411 e. The van der Waals surface area contributed by atoms with Crippen molar-refractivity contribution in [3.05, 3.63) is 65.2 Å². The average Bonchev–Trinajstić information content (AvgIpc) is 2.75. The molecule has 0 radical (unpaired) electrons. The van der Waals surface area contributed by atoms with Crippen LogP contribution in [0.4, 0.5) is 23.7 Å². The van der Waals surface area contributed by atoms with Crippen molar-refractivity contribution in [3.63, 3.8) is 0 Å². The second-order valence-electron chi connectivity index (χ2n) is 6.52. The minimum absolute atomic E-state index is 0. The van der Waals surface area contributed by atoms with Crippen molar-refractivity contribution >= 4 is 41.7 Å². The van der Waals surface area contributed by atoms with Gasteiger partial charge in [-0.15, -0.1) is 24.0 Å². The number of guanidine groups is 1. The molecule has 0 aliphatic heterocycles. The zero-order valence-corrected chi connectivity index (χ0v) is 20.0. The quantitative estimate of drug-likeness (QED) is 0.250. The maximum absolute atomic E-state index is 12.1. The molecule has 2 aromatic carbocycles. The first kappa shape index (κ1) is 27.5. The van der Waals surface area contributed by atoms with Crippen LogP contribution < -0.4 is 16.0 Å². The van der Waals surface area contributed by atoms with Gasteiger partial charge in [-0.1, -0.05) is 36.4 Å². The fourth-order valence-electron chi connectivity index (χ4n) is 2.50. The molecule has 0 saturated carbocycles. The van der Waals surface area contributed by atoms with Crippen LogP contribution in [0.1, 0.15) is 16.7 Å². The second-order valence-corrected chi connectivity index (χ2v) is 6.52. The van der Waals surface area contributed by atoms with Crippen LogP contribution in [0.15, 0.2) is 53.5 Å². The molecule has 3 N–H and O–H groups in total. The van der Waals surface area contributed by atoms with Crippen LogP contribution in [0.3, 0.4) is 0 Å². The number of aliphatic imine (C=N–C) groups is 1. The molecule has 2 rings (SSSR count). The van der Waals surface area contributed by atoms with Crippen molar-refractivity contribution in [1.29, 1.82) is 0 Å². The lowest BCUT2D eigenvalue weighted by atomic mass is 10.1. The molecule has 11 heteroatoms. The highest BCUT2D eigenvalue weighted by Gasteiger charge is 2.27. The maximum Gasteiger partial charge on any atom is 0.411 e. The number of hydrogen-bond acceptors (Lipinski definition) is 4. The van der Waals surface area contributed by atoms with E-state index in [1.165, 1.54) is 7.11 Å². The molecule has 0 aromatic heterocycles. The van der Waals surface area contributed by atoms with Crippen LogP contribution in [0.2, 0.25) is 0 Å². The van der Waals surface area contributed by atoms with Gasteiger partial charge in [-0.2, -0.15) is 13.2 Å². The van der Waals surface area contributed by atoms with E-state index >= 15 is 0 Å². The first-order valence-electron chi connectivity index (χ1n) is 9.40. The molecule has 0 heterocycles. The van der Waals surface area contributed by atoms with E-state index in [-0.39, 0.29) is 30.6 Å². The summed E-state index contributed by atoms with van der Waals surface area (Å²) in [5.41, 5.74) is 3.23. The monoisotopic (exact) mass is 566 g/mol. The normalized spacial score (nSPS) is 11.3. The Hall–Kier alpha value is -2.54. The SMILES string of the molecule is CN=C(NCc1ccc(COCC(F)(F)F)cc1)NCc1ccc(NC(=O)OC)cc1.I. The summed E-state index contributed by atoms with van der Waals surface area (Å²) < 4.78 is 45.5. The standard InChI is InChI=1S/C21H25F3N4O3.HI/c1-25-19(27-12-16-7-9-18(10-8-16)28-20(29)30-2)26-11-15-3-5-17(6-4-15)13-31-14-21(22,23)24;/h3-10H,11-14H2,1-2H3,(H,28,29)(H2,25,26,27);1H. The molecule has 176 valence electrons. The highest BCUT2D eigenvalue weighted by atomic mass is 127. The lowest BCUT2D eigenvalue weighted by molar-refractivity contribution is -0.176. The largest absolute Gasteiger partial charge is 0.453 e. The van der Waals surface area contributed by atoms with E-state index in [2.05, 4.69) is 30.4 Å². The number of halogens is 4. The van der Waals surface area contributed by atoms with Crippen LogP contribution in [0, 0.1) is 0 Å². The molecular weight excluding hydrogens is 540 g/mol. The molecule has 1 amide bonds. The zero-order chi connectivity index (χ0) is 22.7. The van der Waals surface area contributed by atoms with E-state index in [4.69, 9.17) is 0 Å². The molecule has 0 atom stereocenters. The number of benzene rings is 2. The highest BCUT2D eigenvalue weighted by molar-refractivity contribution is 14.0. The number of hydrogen-bond donors (Lipinski definition) is 3. The van der Waals surface area contributed by atoms with Crippen molar-refractivity contribution in [1.82, 2.24) is 10.6 Å². The van der Waals surface area contributed by atoms with Crippen molar-refractivity contribution in [2.75, 3.05) is 26.1 Å². The Labute approximate surface area is 201 Å². The van der Waals surface area contributed by atoms with Crippen LogP contribution in [0.25, 0.3) is 0 Å². The zero-order valence-electron chi connectivity index (χ0n) is 17.7. The Morgan fingerprint density at radius 1 is 0.938 bits per heavy atom. The van der Waals surface area contributed by atoms with Crippen LogP contribution >= 0.6 is 24.0 Å². The van der Waals surface area contributed by atoms with E-state index in [1.54, 1.807) is 31.3 Å². The van der Waals surface area contributed by atoms with Crippen LogP contribution in [-0.2, 0) is 29.2 Å². The van der Waals surface area contributed by atoms with Crippen molar-refractivity contribution in [3.8, 4) is 0 Å². The first-order valence-corrected chi connectivity index (χ1v) is 9.40. The Bertz CT molecular complexity index is 860. The molecular formula is C21H26F3IN4O3. The van der Waals surface area contributed by atoms with Crippen LogP contribution in [0.5, 0.6) is 0 Å². The summed E-state index contributed by atoms with van der Waals surface area (Å²) >= 11 is 0. The third-order valence-corrected chi connectivity index (χ3v) is 4.09. The molecule has 7 nitrogen and oxygen atoms in total. The van der Waals surface area contributed by atoms with Gasteiger partial charge in [-0.25, -0.2) is 4.79 Å². The summed E-state index contributed by atoms with van der Waals surface area (Å²) in [5, 5.41) is 8.93. The number of anilines is 1. The predicted molar refractivity (Wildman–Crippen MR) is 127 cm³/mol. The molecule has 0 aliphatic carbocycles. The number of rotatable bonds is 8. The van der Waals surface area contributed by atoms with Crippen molar-refractivity contribution < 1.29 is 27.4 Å². The van der Waals surface area contributed by atoms with Gasteiger partial charge in [-0.3, -0.25) is 10.3 Å². The van der Waals surface area contributed by atoms with Gasteiger partial charge in [-0.05, 0) is 28.8 Å². The summed E-state index contributed by atoms with van der Waals surface area (Å²) in [6.45, 7) is -0.341. The summed E-state index contributed by atoms with van der Waals surface area (Å²) in [6, 6.07) is 14.4. The molecule has 0 spiro atoms. The number of ether oxygens (including phenoxy) is 2. The Morgan fingerprint density at radius 2 is 1.44 bits per heavy atom. The fourth-order valence-corrected chi connectivity index (χ4v) is 2.50. The lowest BCUT2D eigenvalue weighted by Gasteiger charge is -2.13. The Kier molecular flexibility index (Phi) is 11.8. The lowest BCUT2D eigenvalue weighted by Crippen LogP contribution is -2.36.